The number of nitrogens with one attached hydrogen (secondary N) is 2. The molecule has 0 spiro atoms. The fourth-order valence-corrected chi connectivity index (χ4v) is 3.59. The lowest BCUT2D eigenvalue weighted by molar-refractivity contribution is 0.170. The zero-order valence-corrected chi connectivity index (χ0v) is 13.9. The van der Waals surface area contributed by atoms with E-state index in [1.165, 1.54) is 6.07 Å². The number of hydrogen-bond acceptors (Lipinski definition) is 2. The van der Waals surface area contributed by atoms with Gasteiger partial charge in [0.1, 0.15) is 0 Å². The van der Waals surface area contributed by atoms with Crippen molar-refractivity contribution in [1.29, 1.82) is 0 Å². The molecule has 0 atom stereocenters. The van der Waals surface area contributed by atoms with Crippen LogP contribution in [0.15, 0.2) is 16.6 Å². The second-order valence-corrected chi connectivity index (χ2v) is 7.72. The second kappa shape index (κ2) is 5.26. The van der Waals surface area contributed by atoms with Gasteiger partial charge in [-0.15, -0.1) is 0 Å². The summed E-state index contributed by atoms with van der Waals surface area (Å²) in [6.45, 7) is 8.50. The van der Waals surface area contributed by atoms with Gasteiger partial charge in [-0.05, 0) is 68.6 Å². The minimum atomic E-state index is -0.845. The van der Waals surface area contributed by atoms with Crippen LogP contribution >= 0.6 is 15.9 Å². The predicted molar refractivity (Wildman–Crippen MR) is 82.0 cm³/mol. The second-order valence-electron chi connectivity index (χ2n) is 6.87. The van der Waals surface area contributed by atoms with E-state index in [-0.39, 0.29) is 27.3 Å². The van der Waals surface area contributed by atoms with E-state index in [2.05, 4.69) is 54.3 Å². The van der Waals surface area contributed by atoms with Crippen LogP contribution in [-0.2, 0) is 0 Å². The van der Waals surface area contributed by atoms with Crippen molar-refractivity contribution in [2.24, 2.45) is 0 Å². The Kier molecular flexibility index (Phi) is 4.13. The average Bonchev–Trinajstić information content (AvgIpc) is 2.26. The Balaban J connectivity index is 2.20. The van der Waals surface area contributed by atoms with Gasteiger partial charge in [-0.1, -0.05) is 0 Å². The van der Waals surface area contributed by atoms with Crippen LogP contribution in [0.25, 0.3) is 0 Å². The van der Waals surface area contributed by atoms with Crippen LogP contribution in [0.2, 0.25) is 0 Å². The molecule has 0 radical (unpaired) electrons. The van der Waals surface area contributed by atoms with Crippen LogP contribution in [0.5, 0.6) is 0 Å². The molecule has 0 saturated carbocycles. The lowest BCUT2D eigenvalue weighted by Gasteiger charge is -2.47. The van der Waals surface area contributed by atoms with E-state index in [4.69, 9.17) is 0 Å². The first-order chi connectivity index (χ1) is 9.10. The van der Waals surface area contributed by atoms with E-state index in [0.29, 0.717) is 0 Å². The third-order valence-corrected chi connectivity index (χ3v) is 4.20. The summed E-state index contributed by atoms with van der Waals surface area (Å²) in [7, 11) is 0. The van der Waals surface area contributed by atoms with Crippen molar-refractivity contribution in [2.75, 3.05) is 5.32 Å². The van der Waals surface area contributed by atoms with Crippen LogP contribution in [0.4, 0.5) is 14.5 Å². The maximum atomic E-state index is 13.9. The molecular weight excluding hydrogens is 326 g/mol. The van der Waals surface area contributed by atoms with E-state index >= 15 is 0 Å². The maximum Gasteiger partial charge on any atom is 0.183 e. The van der Waals surface area contributed by atoms with Crippen molar-refractivity contribution in [3.05, 3.63) is 28.2 Å². The van der Waals surface area contributed by atoms with Gasteiger partial charge in [0, 0.05) is 17.1 Å². The molecule has 1 aliphatic heterocycles. The van der Waals surface area contributed by atoms with E-state index in [9.17, 15) is 8.78 Å². The number of anilines is 1. The molecule has 0 amide bonds. The van der Waals surface area contributed by atoms with Crippen molar-refractivity contribution in [3.63, 3.8) is 0 Å². The normalized spacial score (nSPS) is 21.8. The summed E-state index contributed by atoms with van der Waals surface area (Å²) in [6.07, 6.45) is 1.71. The first-order valence-corrected chi connectivity index (χ1v) is 7.58. The molecular formula is C15H21BrF2N2. The van der Waals surface area contributed by atoms with Gasteiger partial charge < -0.3 is 10.6 Å². The average molecular weight is 347 g/mol. The lowest BCUT2D eigenvalue weighted by atomic mass is 9.79. The monoisotopic (exact) mass is 346 g/mol. The van der Waals surface area contributed by atoms with Crippen molar-refractivity contribution in [3.8, 4) is 0 Å². The SMILES string of the molecule is CC1(C)CC(Nc2ccc(Br)c(F)c2F)CC(C)(C)N1. The highest BCUT2D eigenvalue weighted by Crippen LogP contribution is 2.32. The quantitative estimate of drug-likeness (QED) is 0.773. The van der Waals surface area contributed by atoms with E-state index in [1.807, 2.05) is 0 Å². The first kappa shape index (κ1) is 15.7. The maximum absolute atomic E-state index is 13.9. The van der Waals surface area contributed by atoms with Gasteiger partial charge in [0.05, 0.1) is 10.2 Å². The van der Waals surface area contributed by atoms with Crippen LogP contribution in [-0.4, -0.2) is 17.1 Å². The lowest BCUT2D eigenvalue weighted by Crippen LogP contribution is -2.60. The van der Waals surface area contributed by atoms with Crippen LogP contribution < -0.4 is 10.6 Å². The summed E-state index contributed by atoms with van der Waals surface area (Å²) in [5.74, 6) is -1.67. The minimum absolute atomic E-state index is 0.0379. The van der Waals surface area contributed by atoms with E-state index in [0.717, 1.165) is 12.8 Å². The molecule has 2 nitrogen and oxygen atoms in total. The number of rotatable bonds is 2. The summed E-state index contributed by atoms with van der Waals surface area (Å²) in [5.41, 5.74) is 0.150. The molecule has 112 valence electrons. The summed E-state index contributed by atoms with van der Waals surface area (Å²) in [5, 5.41) is 6.72. The molecule has 5 heteroatoms. The molecule has 1 saturated heterocycles. The van der Waals surface area contributed by atoms with Crippen LogP contribution in [0.1, 0.15) is 40.5 Å². The van der Waals surface area contributed by atoms with E-state index < -0.39 is 11.6 Å². The van der Waals surface area contributed by atoms with Gasteiger partial charge >= 0.3 is 0 Å². The molecule has 0 aromatic heterocycles. The first-order valence-electron chi connectivity index (χ1n) is 6.79. The fraction of sp³-hybridized carbons (Fsp3) is 0.600. The number of halogens is 3. The standard InChI is InChI=1S/C15H21BrF2N2/c1-14(2)7-9(8-15(3,4)20-14)19-11-6-5-10(16)12(17)13(11)18/h5-6,9,19-20H,7-8H2,1-4H3. The fourth-order valence-electron chi connectivity index (χ4n) is 3.28. The van der Waals surface area contributed by atoms with Gasteiger partial charge in [-0.2, -0.15) is 0 Å². The molecule has 1 aromatic rings. The Morgan fingerprint density at radius 1 is 1.10 bits per heavy atom. The number of piperidine rings is 1. The molecule has 2 rings (SSSR count). The van der Waals surface area contributed by atoms with Gasteiger partial charge in [-0.25, -0.2) is 8.78 Å². The number of benzene rings is 1. The van der Waals surface area contributed by atoms with Gasteiger partial charge in [-0.3, -0.25) is 0 Å². The highest BCUT2D eigenvalue weighted by Gasteiger charge is 2.37. The van der Waals surface area contributed by atoms with Gasteiger partial charge in [0.15, 0.2) is 11.6 Å². The van der Waals surface area contributed by atoms with Crippen molar-refractivity contribution < 1.29 is 8.78 Å². The molecule has 2 N–H and O–H groups in total. The summed E-state index contributed by atoms with van der Waals surface area (Å²) in [6, 6.07) is 3.21. The Bertz CT molecular complexity index is 499. The molecule has 0 bridgehead atoms. The third kappa shape index (κ3) is 3.50. The summed E-state index contributed by atoms with van der Waals surface area (Å²) in [4.78, 5) is 0. The molecule has 1 heterocycles. The van der Waals surface area contributed by atoms with Gasteiger partial charge in [0.25, 0.3) is 0 Å². The molecule has 1 fully saturated rings. The topological polar surface area (TPSA) is 24.1 Å². The van der Waals surface area contributed by atoms with Crippen molar-refractivity contribution >= 4 is 21.6 Å². The highest BCUT2D eigenvalue weighted by molar-refractivity contribution is 9.10. The van der Waals surface area contributed by atoms with Crippen molar-refractivity contribution in [2.45, 2.75) is 57.7 Å². The smallest absolute Gasteiger partial charge is 0.183 e. The van der Waals surface area contributed by atoms with Crippen molar-refractivity contribution in [1.82, 2.24) is 5.32 Å². The Morgan fingerprint density at radius 2 is 1.65 bits per heavy atom. The molecule has 1 aliphatic rings. The molecule has 0 aliphatic carbocycles. The Morgan fingerprint density at radius 3 is 2.20 bits per heavy atom. The molecule has 20 heavy (non-hydrogen) atoms. The largest absolute Gasteiger partial charge is 0.380 e. The molecule has 0 unspecified atom stereocenters. The highest BCUT2D eigenvalue weighted by atomic mass is 79.9. The van der Waals surface area contributed by atoms with Crippen LogP contribution in [0.3, 0.4) is 0 Å². The Hall–Kier alpha value is -0.680. The van der Waals surface area contributed by atoms with E-state index in [1.54, 1.807) is 6.07 Å². The zero-order valence-electron chi connectivity index (χ0n) is 12.3. The zero-order chi connectivity index (χ0) is 15.1. The molecule has 1 aromatic carbocycles. The summed E-state index contributed by atoms with van der Waals surface area (Å²) < 4.78 is 27.6. The van der Waals surface area contributed by atoms with Crippen LogP contribution in [0, 0.1) is 11.6 Å². The number of hydrogen-bond donors (Lipinski definition) is 2. The van der Waals surface area contributed by atoms with Gasteiger partial charge in [0.2, 0.25) is 0 Å². The Labute approximate surface area is 127 Å². The minimum Gasteiger partial charge on any atom is -0.380 e. The third-order valence-electron chi connectivity index (χ3n) is 3.59. The predicted octanol–water partition coefficient (Wildman–Crippen LogP) is 4.45. The summed E-state index contributed by atoms with van der Waals surface area (Å²) >= 11 is 2.99.